The third kappa shape index (κ3) is 3.53. The molecule has 1 amide bonds. The number of amides is 1. The molecule has 4 heteroatoms. The highest BCUT2D eigenvalue weighted by molar-refractivity contribution is 5.95. The van der Waals surface area contributed by atoms with Gasteiger partial charge in [-0.2, -0.15) is 0 Å². The number of carbonyl (C=O) groups excluding carboxylic acids is 1. The van der Waals surface area contributed by atoms with Crippen molar-refractivity contribution in [1.82, 2.24) is 10.3 Å². The van der Waals surface area contributed by atoms with Crippen molar-refractivity contribution in [2.24, 2.45) is 5.92 Å². The van der Waals surface area contributed by atoms with Gasteiger partial charge in [-0.1, -0.05) is 6.92 Å². The van der Waals surface area contributed by atoms with Crippen LogP contribution in [0, 0.1) is 19.8 Å². The first-order valence-corrected chi connectivity index (χ1v) is 5.81. The van der Waals surface area contributed by atoms with Gasteiger partial charge in [0, 0.05) is 18.3 Å². The van der Waals surface area contributed by atoms with Crippen LogP contribution in [0.4, 0.5) is 0 Å². The van der Waals surface area contributed by atoms with E-state index in [4.69, 9.17) is 5.11 Å². The van der Waals surface area contributed by atoms with E-state index in [0.717, 1.165) is 11.4 Å². The Morgan fingerprint density at radius 1 is 1.41 bits per heavy atom. The van der Waals surface area contributed by atoms with Crippen molar-refractivity contribution in [3.63, 3.8) is 0 Å². The molecule has 17 heavy (non-hydrogen) atoms. The van der Waals surface area contributed by atoms with Gasteiger partial charge in [0.05, 0.1) is 11.3 Å². The molecule has 0 aromatic carbocycles. The molecule has 2 N–H and O–H groups in total. The van der Waals surface area contributed by atoms with Gasteiger partial charge in [0.2, 0.25) is 0 Å². The molecule has 94 valence electrons. The summed E-state index contributed by atoms with van der Waals surface area (Å²) in [5.41, 5.74) is 2.22. The Morgan fingerprint density at radius 3 is 2.59 bits per heavy atom. The second kappa shape index (κ2) is 5.77. The average Bonchev–Trinajstić information content (AvgIpc) is 2.27. The number of nitrogens with one attached hydrogen (secondary N) is 1. The second-order valence-electron chi connectivity index (χ2n) is 4.51. The summed E-state index contributed by atoms with van der Waals surface area (Å²) in [4.78, 5) is 16.2. The molecule has 1 aromatic rings. The number of hydrogen-bond donors (Lipinski definition) is 2. The number of hydrogen-bond acceptors (Lipinski definition) is 3. The Labute approximate surface area is 102 Å². The average molecular weight is 236 g/mol. The normalized spacial score (nSPS) is 14.2. The number of aliphatic hydroxyl groups is 1. The fraction of sp³-hybridized carbons (Fsp3) is 0.538. The molecule has 0 saturated carbocycles. The maximum Gasteiger partial charge on any atom is 0.253 e. The van der Waals surface area contributed by atoms with Crippen LogP contribution in [0.15, 0.2) is 12.1 Å². The molecule has 0 fully saturated rings. The van der Waals surface area contributed by atoms with Gasteiger partial charge in [0.1, 0.15) is 0 Å². The summed E-state index contributed by atoms with van der Waals surface area (Å²) in [6, 6.07) is 3.54. The summed E-state index contributed by atoms with van der Waals surface area (Å²) >= 11 is 0. The lowest BCUT2D eigenvalue weighted by Crippen LogP contribution is -2.38. The molecule has 0 saturated heterocycles. The Kier molecular flexibility index (Phi) is 4.63. The van der Waals surface area contributed by atoms with E-state index >= 15 is 0 Å². The van der Waals surface area contributed by atoms with Crippen LogP contribution in [0.3, 0.4) is 0 Å². The van der Waals surface area contributed by atoms with Crippen LogP contribution in [0.5, 0.6) is 0 Å². The lowest BCUT2D eigenvalue weighted by molar-refractivity contribution is 0.0915. The number of aromatic nitrogens is 1. The van der Waals surface area contributed by atoms with E-state index in [0.29, 0.717) is 5.56 Å². The lowest BCUT2D eigenvalue weighted by Gasteiger charge is -2.19. The van der Waals surface area contributed by atoms with Crippen LogP contribution < -0.4 is 5.32 Å². The van der Waals surface area contributed by atoms with Crippen molar-refractivity contribution in [2.75, 3.05) is 6.61 Å². The molecular formula is C13H20N2O2. The molecule has 4 nitrogen and oxygen atoms in total. The fourth-order valence-electron chi connectivity index (χ4n) is 1.51. The van der Waals surface area contributed by atoms with Crippen LogP contribution in [0.25, 0.3) is 0 Å². The predicted octanol–water partition coefficient (Wildman–Crippen LogP) is 1.45. The van der Waals surface area contributed by atoms with Crippen LogP contribution >= 0.6 is 0 Å². The molecule has 0 spiro atoms. The highest BCUT2D eigenvalue weighted by atomic mass is 16.3. The van der Waals surface area contributed by atoms with Crippen molar-refractivity contribution < 1.29 is 9.90 Å². The summed E-state index contributed by atoms with van der Waals surface area (Å²) in [7, 11) is 0. The van der Waals surface area contributed by atoms with Crippen LogP contribution in [-0.2, 0) is 0 Å². The van der Waals surface area contributed by atoms with E-state index in [1.807, 2.05) is 33.8 Å². The second-order valence-corrected chi connectivity index (χ2v) is 4.51. The van der Waals surface area contributed by atoms with Crippen molar-refractivity contribution in [2.45, 2.75) is 33.7 Å². The molecule has 0 bridgehead atoms. The summed E-state index contributed by atoms with van der Waals surface area (Å²) < 4.78 is 0. The number of pyridine rings is 1. The zero-order chi connectivity index (χ0) is 13.0. The summed E-state index contributed by atoms with van der Waals surface area (Å²) in [6.45, 7) is 7.56. The summed E-state index contributed by atoms with van der Waals surface area (Å²) in [5.74, 6) is -0.0968. The summed E-state index contributed by atoms with van der Waals surface area (Å²) in [6.07, 6.45) is 0. The van der Waals surface area contributed by atoms with Gasteiger partial charge in [-0.05, 0) is 38.8 Å². The van der Waals surface area contributed by atoms with E-state index in [2.05, 4.69) is 10.3 Å². The zero-order valence-electron chi connectivity index (χ0n) is 10.8. The smallest absolute Gasteiger partial charge is 0.253 e. The molecular weight excluding hydrogens is 216 g/mol. The van der Waals surface area contributed by atoms with E-state index in [-0.39, 0.29) is 24.5 Å². The molecule has 1 rings (SSSR count). The van der Waals surface area contributed by atoms with E-state index in [1.165, 1.54) is 0 Å². The quantitative estimate of drug-likeness (QED) is 0.831. The topological polar surface area (TPSA) is 62.2 Å². The molecule has 1 heterocycles. The van der Waals surface area contributed by atoms with Crippen molar-refractivity contribution in [3.05, 3.63) is 29.1 Å². The Morgan fingerprint density at radius 2 is 2.06 bits per heavy atom. The number of aliphatic hydroxyl groups excluding tert-OH is 1. The minimum atomic E-state index is -0.136. The zero-order valence-corrected chi connectivity index (χ0v) is 10.8. The van der Waals surface area contributed by atoms with Crippen molar-refractivity contribution in [1.29, 1.82) is 0 Å². The molecule has 2 atom stereocenters. The minimum absolute atomic E-state index is 0.0395. The van der Waals surface area contributed by atoms with E-state index in [1.54, 1.807) is 6.07 Å². The van der Waals surface area contributed by atoms with E-state index < -0.39 is 0 Å². The standard InChI is InChI=1S/C13H20N2O2/c1-8(7-16)10(3)15-13(17)12-6-5-9(2)14-11(12)4/h5-6,8,10,16H,7H2,1-4H3,(H,15,17). The molecule has 0 aliphatic heterocycles. The third-order valence-corrected chi connectivity index (χ3v) is 2.97. The fourth-order valence-corrected chi connectivity index (χ4v) is 1.51. The molecule has 1 aromatic heterocycles. The Balaban J connectivity index is 2.76. The molecule has 2 unspecified atom stereocenters. The number of nitrogens with zero attached hydrogens (tertiary/aromatic N) is 1. The Bertz CT molecular complexity index is 404. The number of aryl methyl sites for hydroxylation is 2. The first-order valence-electron chi connectivity index (χ1n) is 5.81. The monoisotopic (exact) mass is 236 g/mol. The van der Waals surface area contributed by atoms with Crippen LogP contribution in [-0.4, -0.2) is 28.6 Å². The van der Waals surface area contributed by atoms with Gasteiger partial charge in [0.25, 0.3) is 5.91 Å². The lowest BCUT2D eigenvalue weighted by atomic mass is 10.0. The van der Waals surface area contributed by atoms with E-state index in [9.17, 15) is 4.79 Å². The van der Waals surface area contributed by atoms with Crippen molar-refractivity contribution in [3.8, 4) is 0 Å². The van der Waals surface area contributed by atoms with Gasteiger partial charge < -0.3 is 10.4 Å². The highest BCUT2D eigenvalue weighted by Gasteiger charge is 2.16. The van der Waals surface area contributed by atoms with Gasteiger partial charge in [-0.25, -0.2) is 0 Å². The van der Waals surface area contributed by atoms with Gasteiger partial charge in [-0.3, -0.25) is 9.78 Å². The van der Waals surface area contributed by atoms with Crippen LogP contribution in [0.2, 0.25) is 0 Å². The first kappa shape index (κ1) is 13.6. The molecule has 0 aliphatic rings. The number of rotatable bonds is 4. The van der Waals surface area contributed by atoms with Crippen LogP contribution in [0.1, 0.15) is 35.6 Å². The van der Waals surface area contributed by atoms with Gasteiger partial charge in [-0.15, -0.1) is 0 Å². The SMILES string of the molecule is Cc1ccc(C(=O)NC(C)C(C)CO)c(C)n1. The summed E-state index contributed by atoms with van der Waals surface area (Å²) in [5, 5.41) is 11.9. The predicted molar refractivity (Wildman–Crippen MR) is 66.9 cm³/mol. The number of carbonyl (C=O) groups is 1. The maximum absolute atomic E-state index is 12.0. The van der Waals surface area contributed by atoms with Gasteiger partial charge >= 0.3 is 0 Å². The minimum Gasteiger partial charge on any atom is -0.396 e. The Hall–Kier alpha value is -1.42. The molecule has 0 radical (unpaired) electrons. The van der Waals surface area contributed by atoms with Crippen molar-refractivity contribution >= 4 is 5.91 Å². The largest absolute Gasteiger partial charge is 0.396 e. The molecule has 0 aliphatic carbocycles. The maximum atomic E-state index is 12.0. The van der Waals surface area contributed by atoms with Gasteiger partial charge in [0.15, 0.2) is 0 Å². The first-order chi connectivity index (χ1) is 7.95. The third-order valence-electron chi connectivity index (χ3n) is 2.97. The highest BCUT2D eigenvalue weighted by Crippen LogP contribution is 2.08.